The maximum Gasteiger partial charge on any atom is 0.262 e. The van der Waals surface area contributed by atoms with E-state index in [0.29, 0.717) is 23.4 Å². The van der Waals surface area contributed by atoms with Gasteiger partial charge >= 0.3 is 0 Å². The molecule has 3 rings (SSSR count). The fraction of sp³-hybridized carbons (Fsp3) is 0.133. The highest BCUT2D eigenvalue weighted by Gasteiger charge is 2.08. The molecule has 2 heterocycles. The molecule has 0 saturated heterocycles. The minimum absolute atomic E-state index is 0.0651. The molecule has 1 N–H and O–H groups in total. The first-order chi connectivity index (χ1) is 10.7. The fourth-order valence-electron chi connectivity index (χ4n) is 2.10. The molecule has 0 aliphatic carbocycles. The van der Waals surface area contributed by atoms with E-state index in [0.717, 1.165) is 8.66 Å². The van der Waals surface area contributed by atoms with Crippen LogP contribution in [0.4, 0.5) is 5.95 Å². The smallest absolute Gasteiger partial charge is 0.262 e. The summed E-state index contributed by atoms with van der Waals surface area (Å²) in [5, 5.41) is 4.79. The lowest BCUT2D eigenvalue weighted by molar-refractivity contribution is 0.724. The van der Waals surface area contributed by atoms with Gasteiger partial charge in [0.05, 0.1) is 20.9 Å². The number of hydrogen-bond acceptors (Lipinski definition) is 5. The standard InChI is InChI=1S/C15H13BrN4OS/c1-2-20-14(21)11-5-3-4-6-12(11)18-15(20)19-17-9-10-7-8-13(16)22-10/h3-9H,2H2,1H3,(H,18,19)/b17-9-. The van der Waals surface area contributed by atoms with E-state index in [4.69, 9.17) is 0 Å². The molecular weight excluding hydrogens is 364 g/mol. The molecule has 112 valence electrons. The molecule has 2 aromatic heterocycles. The number of nitrogens with one attached hydrogen (secondary N) is 1. The molecule has 0 fully saturated rings. The minimum atomic E-state index is -0.0651. The molecule has 0 saturated carbocycles. The van der Waals surface area contributed by atoms with Gasteiger partial charge in [-0.05, 0) is 47.1 Å². The van der Waals surface area contributed by atoms with Gasteiger partial charge in [-0.2, -0.15) is 5.10 Å². The summed E-state index contributed by atoms with van der Waals surface area (Å²) in [5.41, 5.74) is 3.46. The van der Waals surface area contributed by atoms with Crippen LogP contribution in [-0.2, 0) is 6.54 Å². The fourth-order valence-corrected chi connectivity index (χ4v) is 3.39. The third-order valence-electron chi connectivity index (χ3n) is 3.13. The zero-order chi connectivity index (χ0) is 15.5. The molecule has 0 spiro atoms. The maximum atomic E-state index is 12.4. The van der Waals surface area contributed by atoms with Crippen molar-refractivity contribution in [1.82, 2.24) is 9.55 Å². The number of fused-ring (bicyclic) bond motifs is 1. The van der Waals surface area contributed by atoms with Crippen LogP contribution in [0.15, 0.2) is 50.1 Å². The number of aromatic nitrogens is 2. The number of rotatable bonds is 4. The lowest BCUT2D eigenvalue weighted by Crippen LogP contribution is -2.23. The average Bonchev–Trinajstić information content (AvgIpc) is 2.93. The zero-order valence-electron chi connectivity index (χ0n) is 11.8. The van der Waals surface area contributed by atoms with E-state index in [-0.39, 0.29) is 5.56 Å². The summed E-state index contributed by atoms with van der Waals surface area (Å²) in [6, 6.07) is 11.2. The lowest BCUT2D eigenvalue weighted by atomic mass is 10.2. The van der Waals surface area contributed by atoms with E-state index in [1.54, 1.807) is 28.2 Å². The number of hydrazone groups is 1. The first-order valence-electron chi connectivity index (χ1n) is 6.73. The Hall–Kier alpha value is -1.99. The second-order valence-electron chi connectivity index (χ2n) is 4.51. The van der Waals surface area contributed by atoms with Crippen molar-refractivity contribution in [1.29, 1.82) is 0 Å². The van der Waals surface area contributed by atoms with E-state index < -0.39 is 0 Å². The Balaban J connectivity index is 1.96. The molecular formula is C15H13BrN4OS. The van der Waals surface area contributed by atoms with Gasteiger partial charge in [-0.3, -0.25) is 9.36 Å². The topological polar surface area (TPSA) is 59.3 Å². The monoisotopic (exact) mass is 376 g/mol. The second kappa shape index (κ2) is 6.41. The van der Waals surface area contributed by atoms with Crippen molar-refractivity contribution in [3.63, 3.8) is 0 Å². The van der Waals surface area contributed by atoms with Crippen LogP contribution in [0.1, 0.15) is 11.8 Å². The quantitative estimate of drug-likeness (QED) is 0.557. The van der Waals surface area contributed by atoms with Crippen molar-refractivity contribution in [2.75, 3.05) is 5.43 Å². The summed E-state index contributed by atoms with van der Waals surface area (Å²) in [4.78, 5) is 17.9. The van der Waals surface area contributed by atoms with Gasteiger partial charge in [0, 0.05) is 11.4 Å². The molecule has 7 heteroatoms. The molecule has 3 aromatic rings. The Morgan fingerprint density at radius 1 is 1.36 bits per heavy atom. The van der Waals surface area contributed by atoms with Crippen LogP contribution in [0.3, 0.4) is 0 Å². The number of hydrogen-bond donors (Lipinski definition) is 1. The molecule has 22 heavy (non-hydrogen) atoms. The van der Waals surface area contributed by atoms with Gasteiger partial charge in [-0.15, -0.1) is 11.3 Å². The molecule has 0 radical (unpaired) electrons. The van der Waals surface area contributed by atoms with E-state index in [1.807, 2.05) is 37.3 Å². The summed E-state index contributed by atoms with van der Waals surface area (Å²) < 4.78 is 2.62. The van der Waals surface area contributed by atoms with Crippen LogP contribution in [-0.4, -0.2) is 15.8 Å². The highest BCUT2D eigenvalue weighted by atomic mass is 79.9. The highest BCUT2D eigenvalue weighted by Crippen LogP contribution is 2.20. The van der Waals surface area contributed by atoms with Crippen molar-refractivity contribution in [3.8, 4) is 0 Å². The molecule has 0 aliphatic rings. The van der Waals surface area contributed by atoms with Crippen LogP contribution < -0.4 is 11.0 Å². The highest BCUT2D eigenvalue weighted by molar-refractivity contribution is 9.11. The van der Waals surface area contributed by atoms with Crippen LogP contribution in [0.25, 0.3) is 10.9 Å². The number of anilines is 1. The van der Waals surface area contributed by atoms with Crippen molar-refractivity contribution in [2.24, 2.45) is 5.10 Å². The number of para-hydroxylation sites is 1. The van der Waals surface area contributed by atoms with Crippen molar-refractivity contribution in [2.45, 2.75) is 13.5 Å². The third-order valence-corrected chi connectivity index (χ3v) is 4.69. The normalized spacial score (nSPS) is 11.4. The Labute approximate surface area is 139 Å². The predicted molar refractivity (Wildman–Crippen MR) is 94.9 cm³/mol. The SMILES string of the molecule is CCn1c(N/N=C\c2ccc(Br)s2)nc2ccccc2c1=O. The van der Waals surface area contributed by atoms with Crippen LogP contribution in [0, 0.1) is 0 Å². The zero-order valence-corrected chi connectivity index (χ0v) is 14.2. The van der Waals surface area contributed by atoms with Gasteiger partial charge < -0.3 is 0 Å². The Kier molecular flexibility index (Phi) is 4.35. The molecule has 0 aliphatic heterocycles. The third kappa shape index (κ3) is 2.95. The number of benzene rings is 1. The van der Waals surface area contributed by atoms with Crippen LogP contribution in [0.2, 0.25) is 0 Å². The maximum absolute atomic E-state index is 12.4. The Morgan fingerprint density at radius 3 is 2.91 bits per heavy atom. The summed E-state index contributed by atoms with van der Waals surface area (Å²) in [5.74, 6) is 0.443. The van der Waals surface area contributed by atoms with Gasteiger partial charge in [-0.1, -0.05) is 12.1 Å². The Morgan fingerprint density at radius 2 is 2.18 bits per heavy atom. The van der Waals surface area contributed by atoms with Crippen molar-refractivity contribution < 1.29 is 0 Å². The van der Waals surface area contributed by atoms with Gasteiger partial charge in [0.1, 0.15) is 0 Å². The minimum Gasteiger partial charge on any atom is -0.277 e. The van der Waals surface area contributed by atoms with Crippen LogP contribution >= 0.6 is 27.3 Å². The van der Waals surface area contributed by atoms with Crippen molar-refractivity contribution >= 4 is 50.3 Å². The molecule has 0 amide bonds. The second-order valence-corrected chi connectivity index (χ2v) is 7.01. The van der Waals surface area contributed by atoms with Crippen LogP contribution in [0.5, 0.6) is 0 Å². The lowest BCUT2D eigenvalue weighted by Gasteiger charge is -2.10. The van der Waals surface area contributed by atoms with Gasteiger partial charge in [0.15, 0.2) is 0 Å². The van der Waals surface area contributed by atoms with Crippen molar-refractivity contribution in [3.05, 3.63) is 55.4 Å². The number of nitrogens with zero attached hydrogens (tertiary/aromatic N) is 3. The summed E-state index contributed by atoms with van der Waals surface area (Å²) in [7, 11) is 0. The molecule has 5 nitrogen and oxygen atoms in total. The van der Waals surface area contributed by atoms with Gasteiger partial charge in [0.25, 0.3) is 5.56 Å². The summed E-state index contributed by atoms with van der Waals surface area (Å²) in [6.07, 6.45) is 1.71. The molecule has 0 unspecified atom stereocenters. The number of thiophene rings is 1. The first-order valence-corrected chi connectivity index (χ1v) is 8.34. The van der Waals surface area contributed by atoms with Gasteiger partial charge in [0.2, 0.25) is 5.95 Å². The van der Waals surface area contributed by atoms with E-state index in [2.05, 4.69) is 31.4 Å². The number of halogens is 1. The van der Waals surface area contributed by atoms with E-state index in [9.17, 15) is 4.79 Å². The van der Waals surface area contributed by atoms with E-state index >= 15 is 0 Å². The summed E-state index contributed by atoms with van der Waals surface area (Å²) in [6.45, 7) is 2.43. The van der Waals surface area contributed by atoms with Gasteiger partial charge in [-0.25, -0.2) is 10.4 Å². The summed E-state index contributed by atoms with van der Waals surface area (Å²) >= 11 is 4.98. The Bertz CT molecular complexity index is 900. The predicted octanol–water partition coefficient (Wildman–Crippen LogP) is 3.69. The molecule has 0 bridgehead atoms. The van der Waals surface area contributed by atoms with E-state index in [1.165, 1.54) is 0 Å². The molecule has 1 aromatic carbocycles. The average molecular weight is 377 g/mol. The first kappa shape index (κ1) is 14.9. The molecule has 0 atom stereocenters. The largest absolute Gasteiger partial charge is 0.277 e.